The molecule has 6 heteroatoms. The third-order valence-electron chi connectivity index (χ3n) is 3.93. The van der Waals surface area contributed by atoms with Crippen LogP contribution in [0.1, 0.15) is 31.2 Å². The van der Waals surface area contributed by atoms with Gasteiger partial charge in [0.15, 0.2) is 0 Å². The lowest BCUT2D eigenvalue weighted by Gasteiger charge is -2.27. The molecule has 0 aromatic heterocycles. The topological polar surface area (TPSA) is 61.4 Å². The van der Waals surface area contributed by atoms with Crippen LogP contribution in [0.2, 0.25) is 0 Å². The molecule has 1 aliphatic carbocycles. The van der Waals surface area contributed by atoms with Crippen molar-refractivity contribution in [1.82, 2.24) is 10.6 Å². The van der Waals surface area contributed by atoms with Crippen LogP contribution in [0.4, 0.5) is 13.6 Å². The zero-order valence-corrected chi connectivity index (χ0v) is 11.8. The molecule has 0 unspecified atom stereocenters. The summed E-state index contributed by atoms with van der Waals surface area (Å²) in [6, 6.07) is 2.87. The zero-order valence-electron chi connectivity index (χ0n) is 11.8. The number of nitrogens with one attached hydrogen (secondary N) is 2. The molecule has 21 heavy (non-hydrogen) atoms. The molecule has 0 atom stereocenters. The van der Waals surface area contributed by atoms with Crippen molar-refractivity contribution in [3.63, 3.8) is 0 Å². The van der Waals surface area contributed by atoms with Gasteiger partial charge in [0.25, 0.3) is 0 Å². The SMILES string of the molecule is O=C(NCCc1cc(F)ccc1F)NC1(CO)CCCC1. The van der Waals surface area contributed by atoms with Gasteiger partial charge in [-0.25, -0.2) is 13.6 Å². The Kier molecular flexibility index (Phi) is 5.12. The molecule has 4 nitrogen and oxygen atoms in total. The largest absolute Gasteiger partial charge is 0.394 e. The van der Waals surface area contributed by atoms with Crippen LogP contribution in [-0.2, 0) is 6.42 Å². The third kappa shape index (κ3) is 4.14. The van der Waals surface area contributed by atoms with E-state index < -0.39 is 17.2 Å². The Hall–Kier alpha value is -1.69. The average Bonchev–Trinajstić information content (AvgIpc) is 2.91. The molecule has 2 amide bonds. The number of aliphatic hydroxyl groups excluding tert-OH is 1. The second-order valence-corrected chi connectivity index (χ2v) is 5.51. The monoisotopic (exact) mass is 298 g/mol. The van der Waals surface area contributed by atoms with E-state index in [4.69, 9.17) is 0 Å². The summed E-state index contributed by atoms with van der Waals surface area (Å²) < 4.78 is 26.4. The minimum Gasteiger partial charge on any atom is -0.394 e. The van der Waals surface area contributed by atoms with Gasteiger partial charge in [-0.15, -0.1) is 0 Å². The first-order valence-electron chi connectivity index (χ1n) is 7.15. The Labute approximate surface area is 122 Å². The van der Waals surface area contributed by atoms with Crippen LogP contribution in [0.15, 0.2) is 18.2 Å². The standard InChI is InChI=1S/C15H20F2N2O2/c16-12-3-4-13(17)11(9-12)5-8-18-14(21)19-15(10-20)6-1-2-7-15/h3-4,9,20H,1-2,5-8,10H2,(H2,18,19,21). The van der Waals surface area contributed by atoms with Crippen molar-refractivity contribution in [2.24, 2.45) is 0 Å². The highest BCUT2D eigenvalue weighted by Crippen LogP contribution is 2.28. The molecule has 116 valence electrons. The minimum absolute atomic E-state index is 0.0844. The Bertz CT molecular complexity index is 502. The Morgan fingerprint density at radius 1 is 1.29 bits per heavy atom. The lowest BCUT2D eigenvalue weighted by molar-refractivity contribution is 0.163. The number of carbonyl (C=O) groups excluding carboxylic acids is 1. The van der Waals surface area contributed by atoms with Gasteiger partial charge in [-0.3, -0.25) is 0 Å². The van der Waals surface area contributed by atoms with Gasteiger partial charge in [-0.05, 0) is 43.0 Å². The molecule has 1 saturated carbocycles. The maximum absolute atomic E-state index is 13.4. The summed E-state index contributed by atoms with van der Waals surface area (Å²) in [5.41, 5.74) is -0.304. The molecule has 0 heterocycles. The summed E-state index contributed by atoms with van der Waals surface area (Å²) in [5.74, 6) is -0.984. The molecule has 1 fully saturated rings. The summed E-state index contributed by atoms with van der Waals surface area (Å²) >= 11 is 0. The number of rotatable bonds is 5. The van der Waals surface area contributed by atoms with E-state index in [9.17, 15) is 18.7 Å². The van der Waals surface area contributed by atoms with E-state index in [0.717, 1.165) is 43.9 Å². The molecule has 0 aliphatic heterocycles. The average molecular weight is 298 g/mol. The van der Waals surface area contributed by atoms with Crippen molar-refractivity contribution in [2.45, 2.75) is 37.6 Å². The first-order chi connectivity index (χ1) is 10.0. The summed E-state index contributed by atoms with van der Waals surface area (Å²) in [7, 11) is 0. The van der Waals surface area contributed by atoms with Crippen molar-refractivity contribution in [3.8, 4) is 0 Å². The number of halogens is 2. The highest BCUT2D eigenvalue weighted by Gasteiger charge is 2.34. The molecule has 3 N–H and O–H groups in total. The maximum atomic E-state index is 13.4. The minimum atomic E-state index is -0.534. The fourth-order valence-electron chi connectivity index (χ4n) is 2.71. The molecular formula is C15H20F2N2O2. The van der Waals surface area contributed by atoms with Crippen LogP contribution in [0.3, 0.4) is 0 Å². The summed E-state index contributed by atoms with van der Waals surface area (Å²) in [6.45, 7) is 0.118. The number of benzene rings is 1. The van der Waals surface area contributed by atoms with Crippen molar-refractivity contribution >= 4 is 6.03 Å². The van der Waals surface area contributed by atoms with Crippen molar-refractivity contribution < 1.29 is 18.7 Å². The summed E-state index contributed by atoms with van der Waals surface area (Å²) in [5, 5.41) is 14.8. The van der Waals surface area contributed by atoms with E-state index in [1.165, 1.54) is 0 Å². The van der Waals surface area contributed by atoms with Crippen LogP contribution in [0.5, 0.6) is 0 Å². The molecule has 2 rings (SSSR count). The third-order valence-corrected chi connectivity index (χ3v) is 3.93. The number of hydrogen-bond donors (Lipinski definition) is 3. The second-order valence-electron chi connectivity index (χ2n) is 5.51. The predicted molar refractivity (Wildman–Crippen MR) is 74.9 cm³/mol. The Morgan fingerprint density at radius 2 is 2.00 bits per heavy atom. The van der Waals surface area contributed by atoms with Crippen molar-refractivity contribution in [2.75, 3.05) is 13.2 Å². The van der Waals surface area contributed by atoms with Crippen LogP contribution in [0, 0.1) is 11.6 Å². The highest BCUT2D eigenvalue weighted by atomic mass is 19.1. The van der Waals surface area contributed by atoms with Gasteiger partial charge in [-0.1, -0.05) is 12.8 Å². The van der Waals surface area contributed by atoms with Gasteiger partial charge in [0.05, 0.1) is 12.1 Å². The van der Waals surface area contributed by atoms with Gasteiger partial charge in [-0.2, -0.15) is 0 Å². The molecule has 0 radical (unpaired) electrons. The van der Waals surface area contributed by atoms with Crippen molar-refractivity contribution in [3.05, 3.63) is 35.4 Å². The summed E-state index contributed by atoms with van der Waals surface area (Å²) in [6.07, 6.45) is 3.69. The lowest BCUT2D eigenvalue weighted by atomic mass is 9.99. The second kappa shape index (κ2) is 6.85. The molecule has 0 bridgehead atoms. The molecular weight excluding hydrogens is 278 g/mol. The number of carbonyl (C=O) groups is 1. The zero-order chi connectivity index (χ0) is 15.3. The summed E-state index contributed by atoms with van der Waals surface area (Å²) in [4.78, 5) is 11.8. The van der Waals surface area contributed by atoms with Crippen LogP contribution in [0.25, 0.3) is 0 Å². The highest BCUT2D eigenvalue weighted by molar-refractivity contribution is 5.74. The van der Waals surface area contributed by atoms with Crippen molar-refractivity contribution in [1.29, 1.82) is 0 Å². The quantitative estimate of drug-likeness (QED) is 0.779. The number of urea groups is 1. The van der Waals surface area contributed by atoms with E-state index in [1.54, 1.807) is 0 Å². The first-order valence-corrected chi connectivity index (χ1v) is 7.15. The van der Waals surface area contributed by atoms with Crippen LogP contribution in [-0.4, -0.2) is 29.8 Å². The number of hydrogen-bond acceptors (Lipinski definition) is 2. The van der Waals surface area contributed by atoms with Crippen LogP contribution >= 0.6 is 0 Å². The molecule has 1 aromatic carbocycles. The molecule has 1 aliphatic rings. The smallest absolute Gasteiger partial charge is 0.315 e. The van der Waals surface area contributed by atoms with Gasteiger partial charge in [0.1, 0.15) is 11.6 Å². The predicted octanol–water partition coefficient (Wildman–Crippen LogP) is 2.11. The normalized spacial score (nSPS) is 16.7. The van der Waals surface area contributed by atoms with Gasteiger partial charge >= 0.3 is 6.03 Å². The number of aliphatic hydroxyl groups is 1. The molecule has 0 spiro atoms. The Balaban J connectivity index is 1.80. The van der Waals surface area contributed by atoms with E-state index >= 15 is 0 Å². The van der Waals surface area contributed by atoms with Gasteiger partial charge < -0.3 is 15.7 Å². The first kappa shape index (κ1) is 15.7. The lowest BCUT2D eigenvalue weighted by Crippen LogP contribution is -2.53. The van der Waals surface area contributed by atoms with E-state index in [0.29, 0.717) is 0 Å². The van der Waals surface area contributed by atoms with E-state index in [-0.39, 0.29) is 31.2 Å². The van der Waals surface area contributed by atoms with E-state index in [1.807, 2.05) is 0 Å². The van der Waals surface area contributed by atoms with Crippen LogP contribution < -0.4 is 10.6 Å². The van der Waals surface area contributed by atoms with Gasteiger partial charge in [0.2, 0.25) is 0 Å². The van der Waals surface area contributed by atoms with Gasteiger partial charge in [0, 0.05) is 6.54 Å². The Morgan fingerprint density at radius 3 is 2.67 bits per heavy atom. The molecule has 0 saturated heterocycles. The number of amides is 2. The fourth-order valence-corrected chi connectivity index (χ4v) is 2.71. The maximum Gasteiger partial charge on any atom is 0.315 e. The fraction of sp³-hybridized carbons (Fsp3) is 0.533. The van der Waals surface area contributed by atoms with E-state index in [2.05, 4.69) is 10.6 Å². The molecule has 1 aromatic rings.